The Morgan fingerprint density at radius 2 is 2.09 bits per heavy atom. The van der Waals surface area contributed by atoms with Gasteiger partial charge in [0.05, 0.1) is 17.4 Å². The molecule has 0 spiro atoms. The number of hydrogen-bond acceptors (Lipinski definition) is 7. The molecule has 1 saturated heterocycles. The van der Waals surface area contributed by atoms with E-state index in [4.69, 9.17) is 19.5 Å². The third-order valence-electron chi connectivity index (χ3n) is 3.96. The highest BCUT2D eigenvalue weighted by Gasteiger charge is 2.31. The molecule has 0 saturated carbocycles. The Balaban J connectivity index is 2.44. The molecule has 2 atom stereocenters. The molecule has 1 heterocycles. The number of ether oxygens (including phenoxy) is 3. The Labute approximate surface area is 135 Å². The Kier molecular flexibility index (Phi) is 7.01. The van der Waals surface area contributed by atoms with Crippen molar-refractivity contribution in [2.45, 2.75) is 52.6 Å². The van der Waals surface area contributed by atoms with E-state index in [9.17, 15) is 14.4 Å². The summed E-state index contributed by atoms with van der Waals surface area (Å²) in [6, 6.07) is 2.06. The van der Waals surface area contributed by atoms with Crippen molar-refractivity contribution >= 4 is 17.9 Å². The van der Waals surface area contributed by atoms with Crippen LogP contribution >= 0.6 is 0 Å². The molecule has 0 aliphatic carbocycles. The minimum absolute atomic E-state index is 0.211. The second kappa shape index (κ2) is 8.51. The first-order chi connectivity index (χ1) is 10.8. The second-order valence-corrected chi connectivity index (χ2v) is 6.15. The van der Waals surface area contributed by atoms with Gasteiger partial charge in [0.1, 0.15) is 6.61 Å². The molecule has 0 bridgehead atoms. The molecular weight excluding hydrogens is 302 g/mol. The average molecular weight is 325 g/mol. The quantitative estimate of drug-likeness (QED) is 0.541. The number of cyclic esters (lactones) is 1. The van der Waals surface area contributed by atoms with Gasteiger partial charge in [0.25, 0.3) is 0 Å². The van der Waals surface area contributed by atoms with Crippen LogP contribution in [0.25, 0.3) is 0 Å². The molecule has 7 heteroatoms. The predicted molar refractivity (Wildman–Crippen MR) is 78.8 cm³/mol. The van der Waals surface area contributed by atoms with Gasteiger partial charge in [0.15, 0.2) is 12.7 Å². The molecule has 0 aromatic heterocycles. The highest BCUT2D eigenvalue weighted by Crippen LogP contribution is 2.22. The van der Waals surface area contributed by atoms with Gasteiger partial charge in [-0.2, -0.15) is 5.26 Å². The van der Waals surface area contributed by atoms with Gasteiger partial charge in [-0.05, 0) is 33.1 Å². The van der Waals surface area contributed by atoms with E-state index in [1.165, 1.54) is 0 Å². The lowest BCUT2D eigenvalue weighted by atomic mass is 9.91. The Morgan fingerprint density at radius 3 is 2.70 bits per heavy atom. The Bertz CT molecular complexity index is 493. The van der Waals surface area contributed by atoms with Crippen LogP contribution < -0.4 is 0 Å². The van der Waals surface area contributed by atoms with Gasteiger partial charge < -0.3 is 14.2 Å². The van der Waals surface area contributed by atoms with Crippen molar-refractivity contribution in [2.24, 2.45) is 11.3 Å². The van der Waals surface area contributed by atoms with Crippen molar-refractivity contribution < 1.29 is 28.6 Å². The molecule has 0 aromatic rings. The van der Waals surface area contributed by atoms with Crippen LogP contribution in [0.3, 0.4) is 0 Å². The van der Waals surface area contributed by atoms with Gasteiger partial charge in [-0.25, -0.2) is 4.79 Å². The summed E-state index contributed by atoms with van der Waals surface area (Å²) in [5.74, 6) is -2.12. The topological polar surface area (TPSA) is 103 Å². The van der Waals surface area contributed by atoms with Gasteiger partial charge in [-0.3, -0.25) is 9.59 Å². The predicted octanol–water partition coefficient (Wildman–Crippen LogP) is 1.74. The summed E-state index contributed by atoms with van der Waals surface area (Å²) in [6.45, 7) is 4.59. The number of hydrogen-bond donors (Lipinski definition) is 0. The highest BCUT2D eigenvalue weighted by molar-refractivity contribution is 5.79. The van der Waals surface area contributed by atoms with Crippen molar-refractivity contribution in [3.8, 4) is 6.07 Å². The normalized spacial score (nSPS) is 21.6. The lowest BCUT2D eigenvalue weighted by Gasteiger charge is -2.21. The number of rotatable bonds is 6. The molecule has 1 aliphatic heterocycles. The van der Waals surface area contributed by atoms with E-state index in [0.29, 0.717) is 19.3 Å². The van der Waals surface area contributed by atoms with Crippen LogP contribution in [-0.2, 0) is 28.6 Å². The second-order valence-electron chi connectivity index (χ2n) is 6.15. The monoisotopic (exact) mass is 325 g/mol. The smallest absolute Gasteiger partial charge is 0.344 e. The largest absolute Gasteiger partial charge is 0.459 e. The summed E-state index contributed by atoms with van der Waals surface area (Å²) in [4.78, 5) is 34.8. The van der Waals surface area contributed by atoms with E-state index in [0.717, 1.165) is 0 Å². The molecule has 128 valence electrons. The molecule has 23 heavy (non-hydrogen) atoms. The lowest BCUT2D eigenvalue weighted by molar-refractivity contribution is -0.168. The van der Waals surface area contributed by atoms with E-state index in [-0.39, 0.29) is 13.0 Å². The highest BCUT2D eigenvalue weighted by atomic mass is 16.6. The van der Waals surface area contributed by atoms with Crippen LogP contribution in [-0.4, -0.2) is 37.2 Å². The lowest BCUT2D eigenvalue weighted by Crippen LogP contribution is -2.32. The molecule has 1 rings (SSSR count). The van der Waals surface area contributed by atoms with Gasteiger partial charge in [0.2, 0.25) is 0 Å². The maximum absolute atomic E-state index is 11.8. The first-order valence-electron chi connectivity index (χ1n) is 7.72. The number of esters is 3. The minimum Gasteiger partial charge on any atom is -0.459 e. The van der Waals surface area contributed by atoms with Gasteiger partial charge in [-0.15, -0.1) is 0 Å². The zero-order valence-corrected chi connectivity index (χ0v) is 13.8. The van der Waals surface area contributed by atoms with Gasteiger partial charge >= 0.3 is 17.9 Å². The van der Waals surface area contributed by atoms with Crippen LogP contribution in [0.5, 0.6) is 0 Å². The fraction of sp³-hybridized carbons (Fsp3) is 0.750. The van der Waals surface area contributed by atoms with E-state index >= 15 is 0 Å². The van der Waals surface area contributed by atoms with Gasteiger partial charge in [0, 0.05) is 6.42 Å². The van der Waals surface area contributed by atoms with Crippen molar-refractivity contribution in [1.82, 2.24) is 0 Å². The summed E-state index contributed by atoms with van der Waals surface area (Å²) >= 11 is 0. The molecule has 0 N–H and O–H groups in total. The summed E-state index contributed by atoms with van der Waals surface area (Å²) in [5.41, 5.74) is -0.664. The zero-order chi connectivity index (χ0) is 17.5. The van der Waals surface area contributed by atoms with E-state index in [2.05, 4.69) is 6.07 Å². The van der Waals surface area contributed by atoms with Crippen LogP contribution in [0.4, 0.5) is 0 Å². The fourth-order valence-corrected chi connectivity index (χ4v) is 1.94. The van der Waals surface area contributed by atoms with Crippen LogP contribution in [0.15, 0.2) is 0 Å². The molecular formula is C16H23NO6. The van der Waals surface area contributed by atoms with E-state index in [1.54, 1.807) is 13.8 Å². The van der Waals surface area contributed by atoms with Crippen molar-refractivity contribution in [3.05, 3.63) is 0 Å². The van der Waals surface area contributed by atoms with E-state index in [1.807, 2.05) is 6.92 Å². The average Bonchev–Trinajstić information content (AvgIpc) is 2.71. The number of carbonyl (C=O) groups is 3. The van der Waals surface area contributed by atoms with Crippen LogP contribution in [0.1, 0.15) is 46.5 Å². The molecule has 7 nitrogen and oxygen atoms in total. The van der Waals surface area contributed by atoms with Crippen LogP contribution in [0, 0.1) is 22.7 Å². The molecule has 1 aliphatic rings. The van der Waals surface area contributed by atoms with E-state index < -0.39 is 42.0 Å². The third kappa shape index (κ3) is 5.89. The van der Waals surface area contributed by atoms with Gasteiger partial charge in [-0.1, -0.05) is 6.92 Å². The maximum atomic E-state index is 11.8. The minimum atomic E-state index is -0.776. The first-order valence-corrected chi connectivity index (χ1v) is 7.72. The summed E-state index contributed by atoms with van der Waals surface area (Å²) in [5, 5.41) is 9.08. The molecule has 1 fully saturated rings. The summed E-state index contributed by atoms with van der Waals surface area (Å²) in [7, 11) is 0. The standard InChI is InChI=1S/C16H23NO6/c1-4-16(2,3)15(20)22-10-14(19)21-9-12-11(8-17)6-5-7-13(18)23-12/h11-12H,4-7,9-10H2,1-3H3. The van der Waals surface area contributed by atoms with Crippen molar-refractivity contribution in [2.75, 3.05) is 13.2 Å². The number of carbonyl (C=O) groups excluding carboxylic acids is 3. The number of nitrogens with zero attached hydrogens (tertiary/aromatic N) is 1. The first kappa shape index (κ1) is 18.9. The summed E-state index contributed by atoms with van der Waals surface area (Å²) < 4.78 is 15.0. The SMILES string of the molecule is CCC(C)(C)C(=O)OCC(=O)OCC1OC(=O)CCCC1C#N. The molecule has 2 unspecified atom stereocenters. The number of nitriles is 1. The van der Waals surface area contributed by atoms with Crippen molar-refractivity contribution in [1.29, 1.82) is 5.26 Å². The summed E-state index contributed by atoms with van der Waals surface area (Å²) in [6.07, 6.45) is 1.16. The Morgan fingerprint density at radius 1 is 1.39 bits per heavy atom. The zero-order valence-electron chi connectivity index (χ0n) is 13.8. The Hall–Kier alpha value is -2.10. The third-order valence-corrected chi connectivity index (χ3v) is 3.96. The molecule has 0 amide bonds. The molecule has 0 radical (unpaired) electrons. The maximum Gasteiger partial charge on any atom is 0.344 e. The fourth-order valence-electron chi connectivity index (χ4n) is 1.94. The van der Waals surface area contributed by atoms with Crippen molar-refractivity contribution in [3.63, 3.8) is 0 Å². The molecule has 0 aromatic carbocycles. The van der Waals surface area contributed by atoms with Crippen LogP contribution in [0.2, 0.25) is 0 Å².